The molecule has 3 heterocycles. The molecule has 6 heteroatoms. The fourth-order valence-corrected chi connectivity index (χ4v) is 6.58. The predicted molar refractivity (Wildman–Crippen MR) is 120 cm³/mol. The van der Waals surface area contributed by atoms with Gasteiger partial charge in [0.1, 0.15) is 6.04 Å². The molecule has 2 amide bonds. The maximum atomic E-state index is 13.3. The number of rotatable bonds is 6. The van der Waals surface area contributed by atoms with E-state index in [1.165, 1.54) is 5.56 Å². The van der Waals surface area contributed by atoms with Gasteiger partial charge in [0, 0.05) is 17.1 Å². The zero-order valence-electron chi connectivity index (χ0n) is 17.2. The summed E-state index contributed by atoms with van der Waals surface area (Å²) in [7, 11) is 0. The first-order valence-electron chi connectivity index (χ1n) is 10.3. The molecule has 1 aromatic carbocycles. The fourth-order valence-electron chi connectivity index (χ4n) is 4.34. The van der Waals surface area contributed by atoms with Crippen molar-refractivity contribution in [3.8, 4) is 0 Å². The number of hydrogen-bond acceptors (Lipinski definition) is 4. The highest BCUT2D eigenvalue weighted by Crippen LogP contribution is 2.47. The Labute approximate surface area is 181 Å². The van der Waals surface area contributed by atoms with Gasteiger partial charge in [-0.2, -0.15) is 0 Å². The van der Waals surface area contributed by atoms with Crippen LogP contribution >= 0.6 is 23.1 Å². The Hall–Kier alpha value is -1.79. The first-order chi connectivity index (χ1) is 13.9. The molecule has 2 saturated heterocycles. The van der Waals surface area contributed by atoms with Crippen LogP contribution in [-0.2, 0) is 16.0 Å². The van der Waals surface area contributed by atoms with Gasteiger partial charge in [0.2, 0.25) is 11.8 Å². The SMILES string of the molecule is CC(C)Cc1ccc(C(NC(=O)C2CSC3(C)CCC(=O)N23)c2cccs2)cc1. The van der Waals surface area contributed by atoms with E-state index in [0.29, 0.717) is 18.1 Å². The number of amides is 2. The summed E-state index contributed by atoms with van der Waals surface area (Å²) >= 11 is 3.37. The van der Waals surface area contributed by atoms with Gasteiger partial charge >= 0.3 is 0 Å². The predicted octanol–water partition coefficient (Wildman–Crippen LogP) is 4.61. The molecular weight excluding hydrogens is 400 g/mol. The second-order valence-electron chi connectivity index (χ2n) is 8.56. The molecule has 0 spiro atoms. The van der Waals surface area contributed by atoms with Crippen LogP contribution in [0.5, 0.6) is 0 Å². The lowest BCUT2D eigenvalue weighted by atomic mass is 9.98. The zero-order chi connectivity index (χ0) is 20.6. The molecule has 2 aliphatic heterocycles. The van der Waals surface area contributed by atoms with E-state index in [4.69, 9.17) is 0 Å². The molecule has 0 saturated carbocycles. The topological polar surface area (TPSA) is 49.4 Å². The van der Waals surface area contributed by atoms with Crippen LogP contribution in [0.25, 0.3) is 0 Å². The standard InChI is InChI=1S/C23H28N2O2S2/c1-15(2)13-16-6-8-17(9-7-16)21(19-5-4-12-28-19)24-22(27)18-14-29-23(3)11-10-20(26)25(18)23/h4-9,12,15,18,21H,10-11,13-14H2,1-3H3,(H,24,27). The number of benzene rings is 1. The van der Waals surface area contributed by atoms with E-state index in [2.05, 4.69) is 56.4 Å². The van der Waals surface area contributed by atoms with Crippen LogP contribution in [-0.4, -0.2) is 33.4 Å². The van der Waals surface area contributed by atoms with Crippen molar-refractivity contribution in [2.24, 2.45) is 5.92 Å². The van der Waals surface area contributed by atoms with E-state index >= 15 is 0 Å². The average molecular weight is 429 g/mol. The number of nitrogens with zero attached hydrogens (tertiary/aromatic N) is 1. The van der Waals surface area contributed by atoms with Gasteiger partial charge in [-0.3, -0.25) is 9.59 Å². The number of carbonyl (C=O) groups excluding carboxylic acids is 2. The molecule has 1 aromatic heterocycles. The van der Waals surface area contributed by atoms with Crippen LogP contribution in [0.15, 0.2) is 41.8 Å². The number of fused-ring (bicyclic) bond motifs is 1. The Morgan fingerprint density at radius 3 is 2.69 bits per heavy atom. The van der Waals surface area contributed by atoms with E-state index in [1.807, 2.05) is 16.3 Å². The second kappa shape index (κ2) is 8.15. The van der Waals surface area contributed by atoms with Crippen LogP contribution in [0.1, 0.15) is 55.7 Å². The third kappa shape index (κ3) is 4.10. The molecule has 0 bridgehead atoms. The quantitative estimate of drug-likeness (QED) is 0.731. The highest BCUT2D eigenvalue weighted by atomic mass is 32.2. The van der Waals surface area contributed by atoms with Crippen molar-refractivity contribution >= 4 is 34.9 Å². The largest absolute Gasteiger partial charge is 0.343 e. The van der Waals surface area contributed by atoms with Crippen molar-refractivity contribution in [1.82, 2.24) is 10.2 Å². The van der Waals surface area contributed by atoms with Crippen molar-refractivity contribution in [3.05, 3.63) is 57.8 Å². The van der Waals surface area contributed by atoms with Crippen LogP contribution in [0.4, 0.5) is 0 Å². The third-order valence-electron chi connectivity index (χ3n) is 5.82. The number of carbonyl (C=O) groups is 2. The molecule has 0 radical (unpaired) electrons. The van der Waals surface area contributed by atoms with Crippen molar-refractivity contribution in [1.29, 1.82) is 0 Å². The highest BCUT2D eigenvalue weighted by Gasteiger charge is 2.53. The summed E-state index contributed by atoms with van der Waals surface area (Å²) in [5.74, 6) is 1.32. The summed E-state index contributed by atoms with van der Waals surface area (Å²) in [5.41, 5.74) is 2.39. The van der Waals surface area contributed by atoms with Gasteiger partial charge in [-0.05, 0) is 48.3 Å². The normalized spacial score (nSPS) is 24.8. The summed E-state index contributed by atoms with van der Waals surface area (Å²) in [4.78, 5) is 28.4. The van der Waals surface area contributed by atoms with Gasteiger partial charge in [0.25, 0.3) is 0 Å². The number of hydrogen-bond donors (Lipinski definition) is 1. The van der Waals surface area contributed by atoms with Gasteiger partial charge in [-0.25, -0.2) is 0 Å². The lowest BCUT2D eigenvalue weighted by Gasteiger charge is -2.31. The molecule has 2 fully saturated rings. The Kier molecular flexibility index (Phi) is 5.76. The first kappa shape index (κ1) is 20.5. The molecule has 3 unspecified atom stereocenters. The highest BCUT2D eigenvalue weighted by molar-refractivity contribution is 8.01. The van der Waals surface area contributed by atoms with E-state index in [9.17, 15) is 9.59 Å². The zero-order valence-corrected chi connectivity index (χ0v) is 18.8. The summed E-state index contributed by atoms with van der Waals surface area (Å²) in [6.07, 6.45) is 2.41. The van der Waals surface area contributed by atoms with Gasteiger partial charge < -0.3 is 10.2 Å². The molecule has 2 aliphatic rings. The molecular formula is C23H28N2O2S2. The van der Waals surface area contributed by atoms with E-state index in [-0.39, 0.29) is 28.8 Å². The van der Waals surface area contributed by atoms with Crippen LogP contribution in [0.3, 0.4) is 0 Å². The van der Waals surface area contributed by atoms with E-state index in [1.54, 1.807) is 23.1 Å². The van der Waals surface area contributed by atoms with Crippen LogP contribution < -0.4 is 5.32 Å². The Morgan fingerprint density at radius 2 is 2.03 bits per heavy atom. The smallest absolute Gasteiger partial charge is 0.244 e. The van der Waals surface area contributed by atoms with Gasteiger partial charge in [0.05, 0.1) is 10.9 Å². The van der Waals surface area contributed by atoms with Crippen molar-refractivity contribution in [2.75, 3.05) is 5.75 Å². The Morgan fingerprint density at radius 1 is 1.28 bits per heavy atom. The van der Waals surface area contributed by atoms with E-state index in [0.717, 1.165) is 23.3 Å². The number of nitrogens with one attached hydrogen (secondary N) is 1. The molecule has 0 aliphatic carbocycles. The maximum absolute atomic E-state index is 13.3. The lowest BCUT2D eigenvalue weighted by Crippen LogP contribution is -2.50. The van der Waals surface area contributed by atoms with Gasteiger partial charge in [-0.15, -0.1) is 23.1 Å². The molecule has 2 aromatic rings. The average Bonchev–Trinajstić information content (AvgIpc) is 3.38. The summed E-state index contributed by atoms with van der Waals surface area (Å²) in [6, 6.07) is 12.1. The van der Waals surface area contributed by atoms with Gasteiger partial charge in [-0.1, -0.05) is 44.2 Å². The molecule has 4 rings (SSSR count). The summed E-state index contributed by atoms with van der Waals surface area (Å²) in [6.45, 7) is 6.52. The first-order valence-corrected chi connectivity index (χ1v) is 12.1. The number of thioether (sulfide) groups is 1. The molecule has 154 valence electrons. The summed E-state index contributed by atoms with van der Waals surface area (Å²) in [5, 5.41) is 5.29. The Bertz CT molecular complexity index is 879. The molecule has 29 heavy (non-hydrogen) atoms. The van der Waals surface area contributed by atoms with Crippen LogP contribution in [0, 0.1) is 5.92 Å². The van der Waals surface area contributed by atoms with E-state index < -0.39 is 0 Å². The summed E-state index contributed by atoms with van der Waals surface area (Å²) < 4.78 is 0. The number of thiophene rings is 1. The monoisotopic (exact) mass is 428 g/mol. The fraction of sp³-hybridized carbons (Fsp3) is 0.478. The molecule has 3 atom stereocenters. The Balaban J connectivity index is 1.56. The minimum atomic E-state index is -0.386. The molecule has 4 nitrogen and oxygen atoms in total. The van der Waals surface area contributed by atoms with Crippen molar-refractivity contribution in [3.63, 3.8) is 0 Å². The van der Waals surface area contributed by atoms with Gasteiger partial charge in [0.15, 0.2) is 0 Å². The third-order valence-corrected chi connectivity index (χ3v) is 8.26. The maximum Gasteiger partial charge on any atom is 0.244 e. The minimum Gasteiger partial charge on any atom is -0.343 e. The molecule has 1 N–H and O–H groups in total. The minimum absolute atomic E-state index is 0.0545. The van der Waals surface area contributed by atoms with Crippen LogP contribution in [0.2, 0.25) is 0 Å². The van der Waals surface area contributed by atoms with Crippen molar-refractivity contribution in [2.45, 2.75) is 57.0 Å². The van der Waals surface area contributed by atoms with Crippen molar-refractivity contribution < 1.29 is 9.59 Å². The second-order valence-corrected chi connectivity index (χ2v) is 11.0. The lowest BCUT2D eigenvalue weighted by molar-refractivity contribution is -0.138.